The molecule has 0 fully saturated rings. The van der Waals surface area contributed by atoms with Crippen LogP contribution in [0.15, 0.2) is 53.6 Å². The third-order valence-electron chi connectivity index (χ3n) is 2.92. The molecule has 0 aliphatic rings. The summed E-state index contributed by atoms with van der Waals surface area (Å²) in [5, 5.41) is 4.70. The highest BCUT2D eigenvalue weighted by Crippen LogP contribution is 2.12. The minimum Gasteiger partial charge on any atom is -0.267 e. The average Bonchev–Trinajstić information content (AvgIpc) is 2.49. The molecular weight excluding hydrogens is 291 g/mol. The lowest BCUT2D eigenvalue weighted by Gasteiger charge is -2.06. The summed E-state index contributed by atoms with van der Waals surface area (Å²) < 4.78 is 13.5. The van der Waals surface area contributed by atoms with Gasteiger partial charge >= 0.3 is 0 Å². The number of hydrogen-bond acceptors (Lipinski definition) is 2. The quantitative estimate of drug-likeness (QED) is 0.672. The third-order valence-corrected chi connectivity index (χ3v) is 3.18. The first-order valence-electron chi connectivity index (χ1n) is 6.49. The summed E-state index contributed by atoms with van der Waals surface area (Å²) in [6.07, 6.45) is 0.624. The Hall–Kier alpha value is -2.20. The molecule has 2 aromatic rings. The Bertz CT molecular complexity index is 668. The fourth-order valence-electron chi connectivity index (χ4n) is 1.81. The Morgan fingerprint density at radius 1 is 1.19 bits per heavy atom. The highest BCUT2D eigenvalue weighted by molar-refractivity contribution is 6.30. The zero-order chi connectivity index (χ0) is 15.2. The van der Waals surface area contributed by atoms with Crippen LogP contribution in [0.4, 0.5) is 4.39 Å². The first-order valence-corrected chi connectivity index (χ1v) is 6.87. The van der Waals surface area contributed by atoms with E-state index in [4.69, 9.17) is 11.6 Å². The second-order valence-corrected chi connectivity index (χ2v) is 4.78. The molecule has 21 heavy (non-hydrogen) atoms. The van der Waals surface area contributed by atoms with Crippen LogP contribution in [0.3, 0.4) is 0 Å². The van der Waals surface area contributed by atoms with E-state index in [1.54, 1.807) is 18.2 Å². The summed E-state index contributed by atoms with van der Waals surface area (Å²) in [5.41, 5.74) is 3.89. The predicted octanol–water partition coefficient (Wildman–Crippen LogP) is 4.02. The summed E-state index contributed by atoms with van der Waals surface area (Å²) in [6, 6.07) is 12.9. The van der Waals surface area contributed by atoms with Gasteiger partial charge in [-0.25, -0.2) is 9.82 Å². The fourth-order valence-corrected chi connectivity index (χ4v) is 1.94. The molecule has 1 N–H and O–H groups in total. The zero-order valence-corrected chi connectivity index (χ0v) is 12.2. The molecule has 0 heterocycles. The van der Waals surface area contributed by atoms with Crippen LogP contribution >= 0.6 is 11.6 Å². The highest BCUT2D eigenvalue weighted by atomic mass is 35.5. The Labute approximate surface area is 127 Å². The van der Waals surface area contributed by atoms with Crippen molar-refractivity contribution < 1.29 is 9.18 Å². The number of hydrogen-bond donors (Lipinski definition) is 1. The van der Waals surface area contributed by atoms with Gasteiger partial charge in [0.2, 0.25) is 0 Å². The van der Waals surface area contributed by atoms with Crippen molar-refractivity contribution in [2.75, 3.05) is 0 Å². The molecule has 0 saturated carbocycles. The molecule has 2 rings (SSSR count). The minimum absolute atomic E-state index is 0.0344. The normalized spacial score (nSPS) is 11.3. The second kappa shape index (κ2) is 6.99. The summed E-state index contributed by atoms with van der Waals surface area (Å²) in [7, 11) is 0. The van der Waals surface area contributed by atoms with Crippen LogP contribution in [-0.2, 0) is 0 Å². The van der Waals surface area contributed by atoms with Gasteiger partial charge in [-0.3, -0.25) is 4.79 Å². The van der Waals surface area contributed by atoms with Gasteiger partial charge in [-0.15, -0.1) is 0 Å². The van der Waals surface area contributed by atoms with Crippen LogP contribution in [-0.4, -0.2) is 11.6 Å². The molecular formula is C16H14ClFN2O. The van der Waals surface area contributed by atoms with E-state index in [1.807, 2.05) is 19.1 Å². The highest BCUT2D eigenvalue weighted by Gasteiger charge is 2.10. The van der Waals surface area contributed by atoms with E-state index >= 15 is 0 Å². The number of benzene rings is 2. The zero-order valence-electron chi connectivity index (χ0n) is 11.4. The molecule has 108 valence electrons. The minimum atomic E-state index is -0.576. The predicted molar refractivity (Wildman–Crippen MR) is 82.1 cm³/mol. The van der Waals surface area contributed by atoms with Gasteiger partial charge in [-0.1, -0.05) is 42.8 Å². The van der Waals surface area contributed by atoms with Gasteiger partial charge in [-0.2, -0.15) is 5.10 Å². The molecule has 0 atom stereocenters. The molecule has 0 unspecified atom stereocenters. The van der Waals surface area contributed by atoms with Crippen LogP contribution < -0.4 is 5.43 Å². The van der Waals surface area contributed by atoms with Crippen molar-refractivity contribution in [3.63, 3.8) is 0 Å². The van der Waals surface area contributed by atoms with Gasteiger partial charge in [-0.05, 0) is 36.2 Å². The van der Waals surface area contributed by atoms with Crippen molar-refractivity contribution in [1.29, 1.82) is 0 Å². The maximum atomic E-state index is 13.5. The first-order chi connectivity index (χ1) is 10.1. The maximum absolute atomic E-state index is 13.5. The maximum Gasteiger partial charge on any atom is 0.274 e. The number of rotatable bonds is 4. The van der Waals surface area contributed by atoms with Gasteiger partial charge in [0, 0.05) is 5.02 Å². The summed E-state index contributed by atoms with van der Waals surface area (Å²) >= 11 is 5.83. The molecule has 2 aromatic carbocycles. The number of amides is 1. The van der Waals surface area contributed by atoms with Crippen molar-refractivity contribution in [2.45, 2.75) is 13.3 Å². The van der Waals surface area contributed by atoms with Gasteiger partial charge in [0.1, 0.15) is 5.82 Å². The fraction of sp³-hybridized carbons (Fsp3) is 0.125. The summed E-state index contributed by atoms with van der Waals surface area (Å²) in [6.45, 7) is 1.92. The van der Waals surface area contributed by atoms with Gasteiger partial charge in [0.25, 0.3) is 5.91 Å². The van der Waals surface area contributed by atoms with Crippen LogP contribution in [0.1, 0.15) is 29.3 Å². The van der Waals surface area contributed by atoms with Crippen LogP contribution in [0.2, 0.25) is 5.02 Å². The number of nitrogens with zero attached hydrogens (tertiary/aromatic N) is 1. The second-order valence-electron chi connectivity index (χ2n) is 4.34. The molecule has 0 radical (unpaired) electrons. The number of nitrogens with one attached hydrogen (secondary N) is 1. The molecule has 5 heteroatoms. The standard InChI is InChI=1S/C16H14ClFN2O/c1-2-15(11-7-9-12(17)10-8-11)19-20-16(21)13-5-3-4-6-14(13)18/h3-10H,2H2,1H3,(H,20,21). The van der Waals surface area contributed by atoms with E-state index in [9.17, 15) is 9.18 Å². The summed E-state index contributed by atoms with van der Waals surface area (Å²) in [5.74, 6) is -1.15. The monoisotopic (exact) mass is 304 g/mol. The SMILES string of the molecule is CCC(=NNC(=O)c1ccccc1F)c1ccc(Cl)cc1. The number of hydrazone groups is 1. The van der Waals surface area contributed by atoms with E-state index in [2.05, 4.69) is 10.5 Å². The smallest absolute Gasteiger partial charge is 0.267 e. The first kappa shape index (κ1) is 15.2. The molecule has 0 aliphatic heterocycles. The Morgan fingerprint density at radius 3 is 2.48 bits per heavy atom. The van der Waals surface area contributed by atoms with Gasteiger partial charge in [0.15, 0.2) is 0 Å². The van der Waals surface area contributed by atoms with E-state index < -0.39 is 11.7 Å². The molecule has 0 aromatic heterocycles. The van der Waals surface area contributed by atoms with Gasteiger partial charge < -0.3 is 0 Å². The molecule has 3 nitrogen and oxygen atoms in total. The van der Waals surface area contributed by atoms with E-state index in [0.29, 0.717) is 17.2 Å². The van der Waals surface area contributed by atoms with Crippen molar-refractivity contribution in [3.8, 4) is 0 Å². The largest absolute Gasteiger partial charge is 0.274 e. The lowest BCUT2D eigenvalue weighted by Crippen LogP contribution is -2.21. The molecule has 0 spiro atoms. The number of carbonyl (C=O) groups is 1. The molecule has 1 amide bonds. The van der Waals surface area contributed by atoms with Crippen molar-refractivity contribution in [2.24, 2.45) is 5.10 Å². The van der Waals surface area contributed by atoms with E-state index in [1.165, 1.54) is 18.2 Å². The number of halogens is 2. The molecule has 0 aliphatic carbocycles. The summed E-state index contributed by atoms with van der Waals surface area (Å²) in [4.78, 5) is 11.9. The lowest BCUT2D eigenvalue weighted by atomic mass is 10.1. The third kappa shape index (κ3) is 3.89. The van der Waals surface area contributed by atoms with Crippen LogP contribution in [0, 0.1) is 5.82 Å². The van der Waals surface area contributed by atoms with Crippen molar-refractivity contribution in [1.82, 2.24) is 5.43 Å². The topological polar surface area (TPSA) is 41.5 Å². The van der Waals surface area contributed by atoms with Crippen molar-refractivity contribution in [3.05, 3.63) is 70.5 Å². The van der Waals surface area contributed by atoms with E-state index in [-0.39, 0.29) is 5.56 Å². The number of carbonyl (C=O) groups excluding carboxylic acids is 1. The lowest BCUT2D eigenvalue weighted by molar-refractivity contribution is 0.0951. The van der Waals surface area contributed by atoms with E-state index in [0.717, 1.165) is 5.56 Å². The van der Waals surface area contributed by atoms with Crippen molar-refractivity contribution >= 4 is 23.2 Å². The van der Waals surface area contributed by atoms with Crippen LogP contribution in [0.5, 0.6) is 0 Å². The molecule has 0 bridgehead atoms. The Balaban J connectivity index is 2.16. The van der Waals surface area contributed by atoms with Gasteiger partial charge in [0.05, 0.1) is 11.3 Å². The molecule has 0 saturated heterocycles. The Morgan fingerprint density at radius 2 is 1.86 bits per heavy atom. The average molecular weight is 305 g/mol. The van der Waals surface area contributed by atoms with Crippen LogP contribution in [0.25, 0.3) is 0 Å². The Kier molecular flexibility index (Phi) is 5.06.